The topological polar surface area (TPSA) is 59.4 Å². The molecule has 0 fully saturated rings. The molecule has 5 heteroatoms. The molecule has 5 nitrogen and oxygen atoms in total. The number of aromatic amines is 1. The summed E-state index contributed by atoms with van der Waals surface area (Å²) in [5, 5.41) is 3.61. The summed E-state index contributed by atoms with van der Waals surface area (Å²) >= 11 is 0. The number of allylic oxidation sites excluding steroid dienone is 4. The minimum absolute atomic E-state index is 0.136. The summed E-state index contributed by atoms with van der Waals surface area (Å²) in [4.78, 5) is 18.3. The zero-order valence-corrected chi connectivity index (χ0v) is 18.4. The van der Waals surface area contributed by atoms with E-state index < -0.39 is 0 Å². The summed E-state index contributed by atoms with van der Waals surface area (Å²) in [6.07, 6.45) is 11.4. The molecule has 34 heavy (non-hydrogen) atoms. The van der Waals surface area contributed by atoms with Gasteiger partial charge in [0.15, 0.2) is 5.82 Å². The van der Waals surface area contributed by atoms with Crippen LogP contribution < -0.4 is 0 Å². The number of benzene rings is 3. The van der Waals surface area contributed by atoms with Gasteiger partial charge in [0, 0.05) is 39.4 Å². The summed E-state index contributed by atoms with van der Waals surface area (Å²) in [7, 11) is 0. The van der Waals surface area contributed by atoms with Crippen LogP contribution in [0.25, 0.3) is 50.0 Å². The molecule has 0 bridgehead atoms. The van der Waals surface area contributed by atoms with Gasteiger partial charge in [-0.3, -0.25) is 4.57 Å². The summed E-state index contributed by atoms with van der Waals surface area (Å²) < 4.78 is 2.07. The van der Waals surface area contributed by atoms with Gasteiger partial charge in [-0.1, -0.05) is 78.9 Å². The molecular formula is C29H21N5. The number of para-hydroxylation sites is 1. The molecule has 3 aromatic carbocycles. The van der Waals surface area contributed by atoms with E-state index in [0.717, 1.165) is 39.7 Å². The van der Waals surface area contributed by atoms with Crippen molar-refractivity contribution >= 4 is 32.7 Å². The van der Waals surface area contributed by atoms with Gasteiger partial charge in [-0.2, -0.15) is 9.97 Å². The summed E-state index contributed by atoms with van der Waals surface area (Å²) in [6, 6.07) is 25.0. The molecule has 162 valence electrons. The van der Waals surface area contributed by atoms with Crippen LogP contribution in [-0.2, 0) is 0 Å². The van der Waals surface area contributed by atoms with Crippen LogP contribution in [0, 0.1) is 0 Å². The fourth-order valence-electron chi connectivity index (χ4n) is 4.85. The lowest BCUT2D eigenvalue weighted by atomic mass is 10.00. The van der Waals surface area contributed by atoms with Crippen molar-refractivity contribution in [1.29, 1.82) is 0 Å². The van der Waals surface area contributed by atoms with E-state index in [2.05, 4.69) is 82.5 Å². The molecule has 0 spiro atoms. The van der Waals surface area contributed by atoms with E-state index in [1.165, 1.54) is 10.8 Å². The molecule has 7 rings (SSSR count). The lowest BCUT2D eigenvalue weighted by Gasteiger charge is -2.14. The molecular weight excluding hydrogens is 418 g/mol. The van der Waals surface area contributed by atoms with E-state index in [9.17, 15) is 0 Å². The number of H-pyrrole nitrogens is 1. The summed E-state index contributed by atoms with van der Waals surface area (Å²) in [6.45, 7) is 0. The maximum atomic E-state index is 4.94. The van der Waals surface area contributed by atoms with Gasteiger partial charge in [0.1, 0.15) is 5.82 Å². The second-order valence-corrected chi connectivity index (χ2v) is 8.62. The normalized spacial score (nSPS) is 15.6. The average Bonchev–Trinajstić information content (AvgIpc) is 3.51. The van der Waals surface area contributed by atoms with Crippen molar-refractivity contribution in [2.24, 2.45) is 0 Å². The smallest absolute Gasteiger partial charge is 0.237 e. The number of rotatable bonds is 3. The molecule has 3 heterocycles. The van der Waals surface area contributed by atoms with Crippen LogP contribution in [0.3, 0.4) is 0 Å². The maximum absolute atomic E-state index is 4.94. The molecule has 1 atom stereocenters. The fraction of sp³-hybridized carbons (Fsp3) is 0.0690. The molecule has 1 N–H and O–H groups in total. The zero-order valence-electron chi connectivity index (χ0n) is 18.4. The van der Waals surface area contributed by atoms with Gasteiger partial charge in [0.05, 0.1) is 11.0 Å². The monoisotopic (exact) mass is 439 g/mol. The van der Waals surface area contributed by atoms with Crippen LogP contribution in [0.15, 0.2) is 103 Å². The first-order chi connectivity index (χ1) is 16.8. The van der Waals surface area contributed by atoms with Crippen molar-refractivity contribution in [3.05, 3.63) is 109 Å². The fourth-order valence-corrected chi connectivity index (χ4v) is 4.85. The second-order valence-electron chi connectivity index (χ2n) is 8.62. The third kappa shape index (κ3) is 2.98. The van der Waals surface area contributed by atoms with Crippen LogP contribution in [-0.4, -0.2) is 24.5 Å². The first-order valence-electron chi connectivity index (χ1n) is 11.5. The van der Waals surface area contributed by atoms with Crippen molar-refractivity contribution in [2.75, 3.05) is 0 Å². The zero-order chi connectivity index (χ0) is 22.5. The quantitative estimate of drug-likeness (QED) is 0.333. The van der Waals surface area contributed by atoms with Crippen LogP contribution in [0.1, 0.15) is 18.2 Å². The Balaban J connectivity index is 1.45. The van der Waals surface area contributed by atoms with Gasteiger partial charge in [-0.25, -0.2) is 4.98 Å². The Morgan fingerprint density at radius 3 is 2.53 bits per heavy atom. The van der Waals surface area contributed by atoms with E-state index >= 15 is 0 Å². The van der Waals surface area contributed by atoms with Crippen LogP contribution in [0.2, 0.25) is 0 Å². The Morgan fingerprint density at radius 2 is 1.65 bits per heavy atom. The van der Waals surface area contributed by atoms with Crippen LogP contribution in [0.5, 0.6) is 0 Å². The molecule has 0 radical (unpaired) electrons. The molecule has 0 saturated carbocycles. The highest BCUT2D eigenvalue weighted by molar-refractivity contribution is 6.16. The predicted molar refractivity (Wildman–Crippen MR) is 137 cm³/mol. The molecule has 1 unspecified atom stereocenters. The van der Waals surface area contributed by atoms with Crippen molar-refractivity contribution in [2.45, 2.75) is 12.3 Å². The summed E-state index contributed by atoms with van der Waals surface area (Å²) in [5.41, 5.74) is 4.32. The number of hydrogen-bond acceptors (Lipinski definition) is 3. The highest BCUT2D eigenvalue weighted by Gasteiger charge is 2.18. The van der Waals surface area contributed by atoms with Crippen molar-refractivity contribution in [1.82, 2.24) is 24.5 Å². The van der Waals surface area contributed by atoms with Crippen molar-refractivity contribution in [3.8, 4) is 17.3 Å². The number of aromatic nitrogens is 5. The number of fused-ring (bicyclic) bond motifs is 5. The third-order valence-electron chi connectivity index (χ3n) is 6.55. The van der Waals surface area contributed by atoms with Gasteiger partial charge in [-0.15, -0.1) is 0 Å². The molecule has 1 aliphatic rings. The lowest BCUT2D eigenvalue weighted by Crippen LogP contribution is -2.10. The van der Waals surface area contributed by atoms with E-state index in [0.29, 0.717) is 11.8 Å². The first-order valence-corrected chi connectivity index (χ1v) is 11.5. The number of hydrogen-bond donors (Lipinski definition) is 1. The Labute approximate surface area is 196 Å². The Kier molecular flexibility index (Phi) is 4.21. The second kappa shape index (κ2) is 7.52. The van der Waals surface area contributed by atoms with Gasteiger partial charge in [0.25, 0.3) is 0 Å². The van der Waals surface area contributed by atoms with Crippen molar-refractivity contribution in [3.63, 3.8) is 0 Å². The Morgan fingerprint density at radius 1 is 0.765 bits per heavy atom. The molecule has 6 aromatic rings. The average molecular weight is 440 g/mol. The molecule has 0 amide bonds. The largest absolute Gasteiger partial charge is 0.354 e. The summed E-state index contributed by atoms with van der Waals surface area (Å²) in [5.74, 6) is 2.25. The van der Waals surface area contributed by atoms with Gasteiger partial charge in [-0.05, 0) is 24.6 Å². The molecule has 3 aromatic heterocycles. The van der Waals surface area contributed by atoms with Gasteiger partial charge in [0.2, 0.25) is 5.95 Å². The highest BCUT2D eigenvalue weighted by atomic mass is 15.2. The minimum Gasteiger partial charge on any atom is -0.354 e. The Bertz CT molecular complexity index is 1740. The molecule has 0 aliphatic heterocycles. The SMILES string of the molecule is C1=CCC(c2nc(-c3ccccc3)nc(-n3ccc4c5[nH]c6ccccc6c5ccc43)n2)C=C1. The predicted octanol–water partition coefficient (Wildman–Crippen LogP) is 6.72. The maximum Gasteiger partial charge on any atom is 0.237 e. The lowest BCUT2D eigenvalue weighted by molar-refractivity contribution is 0.747. The highest BCUT2D eigenvalue weighted by Crippen LogP contribution is 2.33. The van der Waals surface area contributed by atoms with Crippen LogP contribution in [0.4, 0.5) is 0 Å². The van der Waals surface area contributed by atoms with E-state index in [4.69, 9.17) is 15.0 Å². The third-order valence-corrected chi connectivity index (χ3v) is 6.55. The van der Waals surface area contributed by atoms with Crippen LogP contribution >= 0.6 is 0 Å². The number of nitrogens with zero attached hydrogens (tertiary/aromatic N) is 4. The molecule has 1 aliphatic carbocycles. The Hall–Kier alpha value is -4.51. The standard InChI is InChI=1S/C29H21N5/c1-3-9-19(10-4-1)27-31-28(20-11-5-2-6-12-20)33-29(32-27)34-18-17-23-25(34)16-15-22-21-13-7-8-14-24(21)30-26(22)23/h1-11,13-18,20,30H,12H2. The minimum atomic E-state index is 0.136. The van der Waals surface area contributed by atoms with E-state index in [-0.39, 0.29) is 5.92 Å². The molecule has 0 saturated heterocycles. The van der Waals surface area contributed by atoms with Crippen molar-refractivity contribution < 1.29 is 0 Å². The first kappa shape index (κ1) is 19.0. The number of nitrogens with one attached hydrogen (secondary N) is 1. The van der Waals surface area contributed by atoms with Gasteiger partial charge >= 0.3 is 0 Å². The van der Waals surface area contributed by atoms with E-state index in [1.807, 2.05) is 30.3 Å². The van der Waals surface area contributed by atoms with Gasteiger partial charge < -0.3 is 4.98 Å². The van der Waals surface area contributed by atoms with E-state index in [1.54, 1.807) is 0 Å².